The third-order valence-electron chi connectivity index (χ3n) is 3.94. The van der Waals surface area contributed by atoms with Gasteiger partial charge in [-0.05, 0) is 39.3 Å². The lowest BCUT2D eigenvalue weighted by Crippen LogP contribution is -2.24. The van der Waals surface area contributed by atoms with E-state index in [0.29, 0.717) is 5.56 Å². The highest BCUT2D eigenvalue weighted by Gasteiger charge is 2.17. The second kappa shape index (κ2) is 6.74. The molecule has 24 heavy (non-hydrogen) atoms. The molecule has 0 aliphatic heterocycles. The monoisotopic (exact) mass is 330 g/mol. The van der Waals surface area contributed by atoms with Gasteiger partial charge in [-0.25, -0.2) is 0 Å². The summed E-state index contributed by atoms with van der Waals surface area (Å²) >= 11 is 0. The molecule has 128 valence electrons. The summed E-state index contributed by atoms with van der Waals surface area (Å²) in [5, 5.41) is 25.2. The van der Waals surface area contributed by atoms with E-state index in [0.717, 1.165) is 23.5 Å². The smallest absolute Gasteiger partial charge is 0.269 e. The lowest BCUT2D eigenvalue weighted by Gasteiger charge is -2.15. The van der Waals surface area contributed by atoms with Crippen LogP contribution >= 0.6 is 0 Å². The van der Waals surface area contributed by atoms with Gasteiger partial charge >= 0.3 is 0 Å². The third-order valence-corrected chi connectivity index (χ3v) is 3.94. The van der Waals surface area contributed by atoms with Crippen LogP contribution in [0.25, 0.3) is 0 Å². The molecule has 7 nitrogen and oxygen atoms in total. The van der Waals surface area contributed by atoms with E-state index < -0.39 is 4.92 Å². The number of aryl methyl sites for hydroxylation is 1. The van der Waals surface area contributed by atoms with Gasteiger partial charge in [0.15, 0.2) is 0 Å². The Labute approximate surface area is 140 Å². The van der Waals surface area contributed by atoms with Gasteiger partial charge in [-0.3, -0.25) is 14.9 Å². The number of carbonyl (C=O) groups excluding carboxylic acids is 1. The molecule has 1 heterocycles. The van der Waals surface area contributed by atoms with Crippen molar-refractivity contribution in [1.82, 2.24) is 9.88 Å². The number of nitro groups is 1. The lowest BCUT2D eigenvalue weighted by atomic mass is 10.1. The fourth-order valence-electron chi connectivity index (χ4n) is 2.89. The van der Waals surface area contributed by atoms with Crippen molar-refractivity contribution >= 4 is 11.6 Å². The molecule has 0 aliphatic carbocycles. The first-order chi connectivity index (χ1) is 11.2. The van der Waals surface area contributed by atoms with Gasteiger partial charge in [0, 0.05) is 36.1 Å². The standard InChI is InChI=1S/C17H21N3O4/c1-10(2)19-11(3)7-15(12(19)4)17(22)18-9-13-8-14(20(23)24)5-6-16(13)21/h5-8,10,21H,9H2,1-4H3,(H,18,22)/p-1. The van der Waals surface area contributed by atoms with E-state index in [1.165, 1.54) is 6.07 Å². The second-order valence-corrected chi connectivity index (χ2v) is 5.98. The van der Waals surface area contributed by atoms with Crippen LogP contribution in [0, 0.1) is 24.0 Å². The van der Waals surface area contributed by atoms with Crippen LogP contribution in [-0.2, 0) is 6.54 Å². The molecule has 0 unspecified atom stereocenters. The first-order valence-corrected chi connectivity index (χ1v) is 7.63. The number of non-ortho nitro benzene ring substituents is 1. The average molecular weight is 330 g/mol. The molecule has 0 spiro atoms. The van der Waals surface area contributed by atoms with Crippen molar-refractivity contribution in [1.29, 1.82) is 0 Å². The van der Waals surface area contributed by atoms with E-state index in [4.69, 9.17) is 0 Å². The zero-order chi connectivity index (χ0) is 18.0. The molecule has 0 saturated heterocycles. The number of nitrogens with one attached hydrogen (secondary N) is 1. The van der Waals surface area contributed by atoms with Crippen LogP contribution in [0.15, 0.2) is 24.3 Å². The van der Waals surface area contributed by atoms with Crippen LogP contribution in [0.5, 0.6) is 5.75 Å². The minimum Gasteiger partial charge on any atom is -0.872 e. The molecule has 1 N–H and O–H groups in total. The maximum absolute atomic E-state index is 12.4. The summed E-state index contributed by atoms with van der Waals surface area (Å²) in [7, 11) is 0. The van der Waals surface area contributed by atoms with Crippen LogP contribution in [0.3, 0.4) is 0 Å². The zero-order valence-corrected chi connectivity index (χ0v) is 14.1. The van der Waals surface area contributed by atoms with Gasteiger partial charge in [0.25, 0.3) is 11.6 Å². The van der Waals surface area contributed by atoms with Crippen LogP contribution in [0.4, 0.5) is 5.69 Å². The minimum atomic E-state index is -0.568. The van der Waals surface area contributed by atoms with Gasteiger partial charge in [0.1, 0.15) is 0 Å². The normalized spacial score (nSPS) is 10.9. The summed E-state index contributed by atoms with van der Waals surface area (Å²) in [6.45, 7) is 7.82. The van der Waals surface area contributed by atoms with Crippen molar-refractivity contribution in [2.75, 3.05) is 0 Å². The Hall–Kier alpha value is -2.83. The number of rotatable bonds is 5. The molecule has 0 atom stereocenters. The number of aromatic nitrogens is 1. The predicted molar refractivity (Wildman–Crippen MR) is 88.0 cm³/mol. The number of amides is 1. The van der Waals surface area contributed by atoms with Gasteiger partial charge < -0.3 is 15.0 Å². The molecular weight excluding hydrogens is 310 g/mol. The Morgan fingerprint density at radius 3 is 2.50 bits per heavy atom. The quantitative estimate of drug-likeness (QED) is 0.672. The topological polar surface area (TPSA) is 100 Å². The van der Waals surface area contributed by atoms with Crippen molar-refractivity contribution in [3.05, 3.63) is 56.9 Å². The molecule has 1 amide bonds. The van der Waals surface area contributed by atoms with Gasteiger partial charge in [-0.2, -0.15) is 0 Å². The van der Waals surface area contributed by atoms with Crippen molar-refractivity contribution in [2.24, 2.45) is 0 Å². The van der Waals surface area contributed by atoms with E-state index in [2.05, 4.69) is 9.88 Å². The van der Waals surface area contributed by atoms with Crippen molar-refractivity contribution in [2.45, 2.75) is 40.3 Å². The first-order valence-electron chi connectivity index (χ1n) is 7.63. The molecule has 0 radical (unpaired) electrons. The Morgan fingerprint density at radius 2 is 1.96 bits per heavy atom. The van der Waals surface area contributed by atoms with E-state index in [1.807, 2.05) is 27.7 Å². The summed E-state index contributed by atoms with van der Waals surface area (Å²) in [4.78, 5) is 22.6. The first kappa shape index (κ1) is 17.5. The maximum atomic E-state index is 12.4. The van der Waals surface area contributed by atoms with Crippen molar-refractivity contribution < 1.29 is 14.8 Å². The number of hydrogen-bond acceptors (Lipinski definition) is 4. The summed E-state index contributed by atoms with van der Waals surface area (Å²) in [6.07, 6.45) is 0. The molecule has 2 rings (SSSR count). The molecule has 2 aromatic rings. The molecule has 0 aliphatic rings. The largest absolute Gasteiger partial charge is 0.872 e. The Kier molecular flexibility index (Phi) is 4.92. The Balaban J connectivity index is 2.19. The highest BCUT2D eigenvalue weighted by Crippen LogP contribution is 2.22. The van der Waals surface area contributed by atoms with Gasteiger partial charge in [-0.15, -0.1) is 5.75 Å². The highest BCUT2D eigenvalue weighted by atomic mass is 16.6. The van der Waals surface area contributed by atoms with E-state index >= 15 is 0 Å². The van der Waals surface area contributed by atoms with Crippen LogP contribution in [-0.4, -0.2) is 15.4 Å². The molecule has 1 aromatic heterocycles. The fraction of sp³-hybridized carbons (Fsp3) is 0.353. The van der Waals surface area contributed by atoms with Crippen molar-refractivity contribution in [3.8, 4) is 5.75 Å². The van der Waals surface area contributed by atoms with Crippen LogP contribution < -0.4 is 10.4 Å². The van der Waals surface area contributed by atoms with E-state index in [1.54, 1.807) is 6.07 Å². The number of hydrogen-bond donors (Lipinski definition) is 1. The van der Waals surface area contributed by atoms with Crippen LogP contribution in [0.2, 0.25) is 0 Å². The summed E-state index contributed by atoms with van der Waals surface area (Å²) in [6, 6.07) is 5.53. The van der Waals surface area contributed by atoms with E-state index in [9.17, 15) is 20.0 Å². The average Bonchev–Trinajstić information content (AvgIpc) is 2.80. The molecule has 0 fully saturated rings. The number of carbonyl (C=O) groups is 1. The Bertz CT molecular complexity index is 793. The molecule has 0 bridgehead atoms. The zero-order valence-electron chi connectivity index (χ0n) is 14.1. The van der Waals surface area contributed by atoms with E-state index in [-0.39, 0.29) is 35.5 Å². The SMILES string of the molecule is Cc1cc(C(=O)NCc2cc([N+](=O)[O-])ccc2[O-])c(C)n1C(C)C. The Morgan fingerprint density at radius 1 is 1.29 bits per heavy atom. The lowest BCUT2D eigenvalue weighted by molar-refractivity contribution is -0.385. The van der Waals surface area contributed by atoms with Gasteiger partial charge in [0.05, 0.1) is 10.5 Å². The van der Waals surface area contributed by atoms with Gasteiger partial charge in [0.2, 0.25) is 0 Å². The van der Waals surface area contributed by atoms with Gasteiger partial charge in [-0.1, -0.05) is 6.07 Å². The number of benzene rings is 1. The fourth-order valence-corrected chi connectivity index (χ4v) is 2.89. The molecule has 0 saturated carbocycles. The molecular formula is C17H20N3O4-. The predicted octanol–water partition coefficient (Wildman–Crippen LogP) is 2.60. The number of nitro benzene ring substituents is 1. The third kappa shape index (κ3) is 3.40. The highest BCUT2D eigenvalue weighted by molar-refractivity contribution is 5.95. The number of nitrogens with zero attached hydrogens (tertiary/aromatic N) is 2. The summed E-state index contributed by atoms with van der Waals surface area (Å²) < 4.78 is 2.06. The minimum absolute atomic E-state index is 0.0509. The summed E-state index contributed by atoms with van der Waals surface area (Å²) in [5.41, 5.74) is 2.39. The second-order valence-electron chi connectivity index (χ2n) is 5.98. The molecule has 7 heteroatoms. The van der Waals surface area contributed by atoms with Crippen LogP contribution in [0.1, 0.15) is 47.2 Å². The summed E-state index contributed by atoms with van der Waals surface area (Å²) in [5.74, 6) is -0.644. The maximum Gasteiger partial charge on any atom is 0.269 e. The molecule has 1 aromatic carbocycles. The van der Waals surface area contributed by atoms with Crippen molar-refractivity contribution in [3.63, 3.8) is 0 Å².